The molecule has 0 aliphatic carbocycles. The lowest BCUT2D eigenvalue weighted by atomic mass is 10.3. The first-order valence-electron chi connectivity index (χ1n) is 3.29. The first kappa shape index (κ1) is 20.6. The molecule has 0 unspecified atom stereocenters. The molecular formula is C7H12F6O3. The lowest BCUT2D eigenvalue weighted by Gasteiger charge is -2.18. The van der Waals surface area contributed by atoms with Gasteiger partial charge in [-0.3, -0.25) is 4.79 Å². The van der Waals surface area contributed by atoms with Gasteiger partial charge in [-0.15, -0.1) is 0 Å². The van der Waals surface area contributed by atoms with Gasteiger partial charge in [-0.25, -0.2) is 0 Å². The van der Waals surface area contributed by atoms with Gasteiger partial charge in [0.25, 0.3) is 5.79 Å². The molecular weight excluding hydrogens is 246 g/mol. The summed E-state index contributed by atoms with van der Waals surface area (Å²) in [5.41, 5.74) is 0. The largest absolute Gasteiger partial charge is 0.449 e. The smallest absolute Gasteiger partial charge is 0.359 e. The number of Topliss-reactive ketones (excluding diaryl/α,β-unsaturated/α-hetero) is 1. The number of alkyl halides is 6. The van der Waals surface area contributed by atoms with Crippen LogP contribution < -0.4 is 0 Å². The van der Waals surface area contributed by atoms with Crippen molar-refractivity contribution in [2.24, 2.45) is 0 Å². The second-order valence-corrected chi connectivity index (χ2v) is 2.57. The first-order valence-corrected chi connectivity index (χ1v) is 3.29. The average Bonchev–Trinajstić information content (AvgIpc) is 1.80. The van der Waals surface area contributed by atoms with Gasteiger partial charge in [-0.05, 0) is 6.92 Å². The minimum absolute atomic E-state index is 0. The molecule has 0 aromatic heterocycles. The summed E-state index contributed by atoms with van der Waals surface area (Å²) in [7, 11) is 0. The third-order valence-corrected chi connectivity index (χ3v) is 0.936. The summed E-state index contributed by atoms with van der Waals surface area (Å²) in [6.07, 6.45) is -9.59. The highest BCUT2D eigenvalue weighted by molar-refractivity contribution is 5.81. The topological polar surface area (TPSA) is 57.5 Å². The molecule has 3 nitrogen and oxygen atoms in total. The molecule has 0 saturated heterocycles. The Kier molecular flexibility index (Phi) is 7.77. The van der Waals surface area contributed by atoms with Crippen LogP contribution in [0.2, 0.25) is 0 Å². The summed E-state index contributed by atoms with van der Waals surface area (Å²) in [6.45, 7) is 0.743. The SMILES string of the molecule is C.CC(=O)C(F)(F)F.CC(O)(O)C(F)(F)F. The van der Waals surface area contributed by atoms with Crippen molar-refractivity contribution in [1.29, 1.82) is 0 Å². The molecule has 0 aliphatic heterocycles. The number of hydrogen-bond acceptors (Lipinski definition) is 3. The molecule has 0 spiro atoms. The zero-order valence-corrected chi connectivity index (χ0v) is 7.57. The number of hydrogen-bond donors (Lipinski definition) is 2. The predicted octanol–water partition coefficient (Wildman–Crippen LogP) is 2.02. The van der Waals surface area contributed by atoms with Gasteiger partial charge >= 0.3 is 12.4 Å². The highest BCUT2D eigenvalue weighted by Gasteiger charge is 2.48. The van der Waals surface area contributed by atoms with Crippen LogP contribution >= 0.6 is 0 Å². The van der Waals surface area contributed by atoms with Crippen LogP contribution in [0.3, 0.4) is 0 Å². The number of halogens is 6. The van der Waals surface area contributed by atoms with E-state index >= 15 is 0 Å². The zero-order chi connectivity index (χ0) is 13.1. The number of carbonyl (C=O) groups excluding carboxylic acids is 1. The van der Waals surface area contributed by atoms with E-state index in [0.29, 0.717) is 6.92 Å². The summed E-state index contributed by atoms with van der Waals surface area (Å²) < 4.78 is 65.7. The lowest BCUT2D eigenvalue weighted by Crippen LogP contribution is -2.41. The third-order valence-electron chi connectivity index (χ3n) is 0.936. The molecule has 0 fully saturated rings. The van der Waals surface area contributed by atoms with Crippen molar-refractivity contribution in [2.75, 3.05) is 0 Å². The monoisotopic (exact) mass is 258 g/mol. The van der Waals surface area contributed by atoms with Crippen LogP contribution in [0.1, 0.15) is 21.3 Å². The minimum Gasteiger partial charge on any atom is -0.359 e. The average molecular weight is 258 g/mol. The minimum atomic E-state index is -4.95. The summed E-state index contributed by atoms with van der Waals surface area (Å²) in [5, 5.41) is 15.6. The first-order chi connectivity index (χ1) is 6.19. The van der Waals surface area contributed by atoms with Gasteiger partial charge in [0.1, 0.15) is 0 Å². The maximum Gasteiger partial charge on any atom is 0.449 e. The highest BCUT2D eigenvalue weighted by Crippen LogP contribution is 2.26. The Bertz CT molecular complexity index is 200. The van der Waals surface area contributed by atoms with E-state index in [1.54, 1.807) is 0 Å². The number of ketones is 1. The molecule has 0 saturated carbocycles. The van der Waals surface area contributed by atoms with E-state index < -0.39 is 23.9 Å². The Morgan fingerprint density at radius 2 is 1.12 bits per heavy atom. The fourth-order valence-electron chi connectivity index (χ4n) is 0. The van der Waals surface area contributed by atoms with Crippen LogP contribution in [0.25, 0.3) is 0 Å². The van der Waals surface area contributed by atoms with E-state index in [4.69, 9.17) is 10.2 Å². The molecule has 0 rings (SSSR count). The Labute approximate surface area is 87.7 Å². The van der Waals surface area contributed by atoms with E-state index in [1.807, 2.05) is 0 Å². The number of aliphatic hydroxyl groups is 2. The molecule has 0 atom stereocenters. The summed E-state index contributed by atoms with van der Waals surface area (Å²) in [4.78, 5) is 9.34. The maximum absolute atomic E-state index is 11.1. The second kappa shape index (κ2) is 6.04. The fourth-order valence-corrected chi connectivity index (χ4v) is 0. The normalized spacial score (nSPS) is 12.1. The highest BCUT2D eigenvalue weighted by atomic mass is 19.4. The quantitative estimate of drug-likeness (QED) is 0.516. The zero-order valence-electron chi connectivity index (χ0n) is 7.57. The summed E-state index contributed by atoms with van der Waals surface area (Å²) >= 11 is 0. The molecule has 9 heteroatoms. The van der Waals surface area contributed by atoms with Crippen molar-refractivity contribution in [3.05, 3.63) is 0 Å². The molecule has 16 heavy (non-hydrogen) atoms. The Morgan fingerprint density at radius 1 is 1.00 bits per heavy atom. The van der Waals surface area contributed by atoms with Gasteiger partial charge in [0.15, 0.2) is 0 Å². The van der Waals surface area contributed by atoms with E-state index in [1.165, 1.54) is 0 Å². The van der Waals surface area contributed by atoms with Crippen LogP contribution in [0.5, 0.6) is 0 Å². The Hall–Kier alpha value is -0.830. The van der Waals surface area contributed by atoms with E-state index in [-0.39, 0.29) is 14.4 Å². The van der Waals surface area contributed by atoms with Crippen molar-refractivity contribution in [3.63, 3.8) is 0 Å². The fraction of sp³-hybridized carbons (Fsp3) is 0.857. The second-order valence-electron chi connectivity index (χ2n) is 2.57. The summed E-state index contributed by atoms with van der Waals surface area (Å²) in [5.74, 6) is -5.32. The number of rotatable bonds is 0. The van der Waals surface area contributed by atoms with Gasteiger partial charge in [0, 0.05) is 6.92 Å². The van der Waals surface area contributed by atoms with Crippen LogP contribution in [0.4, 0.5) is 26.3 Å². The van der Waals surface area contributed by atoms with E-state index in [2.05, 4.69) is 0 Å². The molecule has 2 N–H and O–H groups in total. The standard InChI is InChI=1S/C3H5F3O2.C3H3F3O.CH4/c1-2(7,8)3(4,5)6;1-2(7)3(4,5)6;/h7-8H,1H3;1H3;1H4. The van der Waals surface area contributed by atoms with Gasteiger partial charge in [-0.2, -0.15) is 26.3 Å². The van der Waals surface area contributed by atoms with Crippen LogP contribution in [-0.4, -0.2) is 34.1 Å². The predicted molar refractivity (Wildman–Crippen MR) is 42.4 cm³/mol. The van der Waals surface area contributed by atoms with Gasteiger partial charge in [0.05, 0.1) is 0 Å². The van der Waals surface area contributed by atoms with Crippen molar-refractivity contribution < 1.29 is 41.4 Å². The lowest BCUT2D eigenvalue weighted by molar-refractivity contribution is -0.339. The molecule has 0 radical (unpaired) electrons. The number of carbonyl (C=O) groups is 1. The molecule has 0 amide bonds. The molecule has 0 aliphatic rings. The third kappa shape index (κ3) is 9.71. The molecule has 0 bridgehead atoms. The maximum atomic E-state index is 11.1. The van der Waals surface area contributed by atoms with Gasteiger partial charge < -0.3 is 10.2 Å². The van der Waals surface area contributed by atoms with Crippen LogP contribution in [0, 0.1) is 0 Å². The van der Waals surface area contributed by atoms with Crippen LogP contribution in [0.15, 0.2) is 0 Å². The Morgan fingerprint density at radius 3 is 1.12 bits per heavy atom. The van der Waals surface area contributed by atoms with Crippen molar-refractivity contribution in [2.45, 2.75) is 39.4 Å². The van der Waals surface area contributed by atoms with E-state index in [0.717, 1.165) is 0 Å². The van der Waals surface area contributed by atoms with Crippen LogP contribution in [-0.2, 0) is 4.79 Å². The van der Waals surface area contributed by atoms with Gasteiger partial charge in [0.2, 0.25) is 5.78 Å². The summed E-state index contributed by atoms with van der Waals surface area (Å²) in [6, 6.07) is 0. The molecule has 0 aromatic rings. The molecule has 100 valence electrons. The van der Waals surface area contributed by atoms with E-state index in [9.17, 15) is 31.1 Å². The molecule has 0 heterocycles. The van der Waals surface area contributed by atoms with Crippen molar-refractivity contribution in [3.8, 4) is 0 Å². The van der Waals surface area contributed by atoms with Crippen molar-refractivity contribution in [1.82, 2.24) is 0 Å². The molecule has 0 aromatic carbocycles. The van der Waals surface area contributed by atoms with Gasteiger partial charge in [-0.1, -0.05) is 7.43 Å². The van der Waals surface area contributed by atoms with Crippen molar-refractivity contribution >= 4 is 5.78 Å². The Balaban J connectivity index is -0.000000200.